The van der Waals surface area contributed by atoms with Crippen LogP contribution < -0.4 is 5.56 Å². The second kappa shape index (κ2) is 6.08. The Morgan fingerprint density at radius 3 is 2.62 bits per heavy atom. The molecular formula is C16H20N4O. The maximum Gasteiger partial charge on any atom is 0.273 e. The normalized spacial score (nSPS) is 11.5. The summed E-state index contributed by atoms with van der Waals surface area (Å²) in [6.07, 6.45) is 7.49. The fraction of sp³-hybridized carbons (Fsp3) is 0.438. The van der Waals surface area contributed by atoms with Gasteiger partial charge >= 0.3 is 0 Å². The zero-order valence-electron chi connectivity index (χ0n) is 12.3. The van der Waals surface area contributed by atoms with Crippen molar-refractivity contribution in [3.05, 3.63) is 40.9 Å². The molecule has 0 amide bonds. The van der Waals surface area contributed by atoms with Crippen molar-refractivity contribution in [2.75, 3.05) is 0 Å². The monoisotopic (exact) mass is 284 g/mol. The van der Waals surface area contributed by atoms with Crippen molar-refractivity contribution in [2.24, 2.45) is 0 Å². The minimum atomic E-state index is 0.0355. The molecule has 3 aromatic rings. The van der Waals surface area contributed by atoms with Crippen LogP contribution in [0.2, 0.25) is 0 Å². The van der Waals surface area contributed by atoms with Gasteiger partial charge in [-0.15, -0.1) is 10.2 Å². The number of hydrogen-bond donors (Lipinski definition) is 0. The van der Waals surface area contributed by atoms with Crippen LogP contribution in [0.1, 0.15) is 39.0 Å². The van der Waals surface area contributed by atoms with E-state index in [1.165, 1.54) is 19.3 Å². The predicted molar refractivity (Wildman–Crippen MR) is 83.5 cm³/mol. The molecule has 5 heteroatoms. The van der Waals surface area contributed by atoms with Crippen LogP contribution in [-0.2, 0) is 6.54 Å². The Bertz CT molecular complexity index is 803. The van der Waals surface area contributed by atoms with Crippen LogP contribution in [-0.4, -0.2) is 19.4 Å². The summed E-state index contributed by atoms with van der Waals surface area (Å²) in [7, 11) is 0. The van der Waals surface area contributed by atoms with Crippen LogP contribution >= 0.6 is 0 Å². The van der Waals surface area contributed by atoms with Crippen LogP contribution in [0.25, 0.3) is 16.4 Å². The molecule has 0 radical (unpaired) electrons. The third-order valence-electron chi connectivity index (χ3n) is 3.90. The van der Waals surface area contributed by atoms with Crippen LogP contribution in [0, 0.1) is 0 Å². The maximum atomic E-state index is 12.6. The number of rotatable bonds is 6. The van der Waals surface area contributed by atoms with Gasteiger partial charge in [0.2, 0.25) is 0 Å². The van der Waals surface area contributed by atoms with Gasteiger partial charge in [0.15, 0.2) is 5.65 Å². The molecule has 2 aromatic heterocycles. The molecule has 0 saturated heterocycles. The predicted octanol–water partition coefficient (Wildman–Crippen LogP) is 3.01. The zero-order chi connectivity index (χ0) is 14.7. The van der Waals surface area contributed by atoms with Crippen molar-refractivity contribution < 1.29 is 0 Å². The lowest BCUT2D eigenvalue weighted by Crippen LogP contribution is -2.26. The van der Waals surface area contributed by atoms with Gasteiger partial charge in [-0.05, 0) is 12.5 Å². The lowest BCUT2D eigenvalue weighted by molar-refractivity contribution is 0.497. The summed E-state index contributed by atoms with van der Waals surface area (Å²) in [6, 6.07) is 7.60. The minimum absolute atomic E-state index is 0.0355. The van der Waals surface area contributed by atoms with Crippen molar-refractivity contribution >= 4 is 16.4 Å². The zero-order valence-corrected chi connectivity index (χ0v) is 12.3. The van der Waals surface area contributed by atoms with Gasteiger partial charge in [0.05, 0.1) is 5.39 Å². The second-order valence-corrected chi connectivity index (χ2v) is 5.39. The molecule has 1 aromatic carbocycles. The van der Waals surface area contributed by atoms with Crippen LogP contribution in [0.3, 0.4) is 0 Å². The lowest BCUT2D eigenvalue weighted by atomic mass is 10.1. The first kappa shape index (κ1) is 13.8. The summed E-state index contributed by atoms with van der Waals surface area (Å²) in [5.41, 5.74) is 0.784. The van der Waals surface area contributed by atoms with Gasteiger partial charge in [0, 0.05) is 11.9 Å². The number of unbranched alkanes of at least 4 members (excludes halogenated alkanes) is 4. The highest BCUT2D eigenvalue weighted by Gasteiger charge is 2.11. The van der Waals surface area contributed by atoms with E-state index in [-0.39, 0.29) is 5.56 Å². The molecule has 0 aliphatic heterocycles. The van der Waals surface area contributed by atoms with E-state index in [9.17, 15) is 4.79 Å². The average Bonchev–Trinajstić information content (AvgIpc) is 2.99. The molecule has 0 aliphatic rings. The Kier molecular flexibility index (Phi) is 3.99. The third-order valence-corrected chi connectivity index (χ3v) is 3.90. The minimum Gasteiger partial charge on any atom is -0.267 e. The summed E-state index contributed by atoms with van der Waals surface area (Å²) in [4.78, 5) is 12.6. The van der Waals surface area contributed by atoms with E-state index in [0.717, 1.165) is 23.9 Å². The highest BCUT2D eigenvalue weighted by molar-refractivity contribution is 5.92. The van der Waals surface area contributed by atoms with Crippen molar-refractivity contribution in [3.63, 3.8) is 0 Å². The van der Waals surface area contributed by atoms with Crippen LogP contribution in [0.4, 0.5) is 0 Å². The summed E-state index contributed by atoms with van der Waals surface area (Å²) in [6.45, 7) is 2.91. The van der Waals surface area contributed by atoms with E-state index in [1.807, 2.05) is 24.3 Å². The molecule has 110 valence electrons. The molecule has 2 heterocycles. The SMILES string of the molecule is CCCCCCCn1c(=O)c2ccccc2c2nncn21. The Balaban J connectivity index is 1.98. The molecule has 0 saturated carbocycles. The quantitative estimate of drug-likeness (QED) is 0.654. The smallest absolute Gasteiger partial charge is 0.267 e. The highest BCUT2D eigenvalue weighted by Crippen LogP contribution is 2.14. The van der Waals surface area contributed by atoms with Gasteiger partial charge in [-0.3, -0.25) is 4.79 Å². The fourth-order valence-electron chi connectivity index (χ4n) is 2.76. The van der Waals surface area contributed by atoms with E-state index >= 15 is 0 Å². The average molecular weight is 284 g/mol. The summed E-state index contributed by atoms with van der Waals surface area (Å²) >= 11 is 0. The van der Waals surface area contributed by atoms with Crippen molar-refractivity contribution in [1.82, 2.24) is 19.4 Å². The van der Waals surface area contributed by atoms with Crippen LogP contribution in [0.15, 0.2) is 35.4 Å². The molecule has 0 bridgehead atoms. The number of fused-ring (bicyclic) bond motifs is 3. The molecule has 5 nitrogen and oxygen atoms in total. The fourth-order valence-corrected chi connectivity index (χ4v) is 2.76. The second-order valence-electron chi connectivity index (χ2n) is 5.39. The number of aryl methyl sites for hydroxylation is 1. The molecule has 0 unspecified atom stereocenters. The first-order chi connectivity index (χ1) is 10.3. The molecule has 0 fully saturated rings. The van der Waals surface area contributed by atoms with Gasteiger partial charge in [-0.2, -0.15) is 0 Å². The Labute approximate surface area is 123 Å². The molecule has 0 atom stereocenters. The Morgan fingerprint density at radius 2 is 1.81 bits per heavy atom. The topological polar surface area (TPSA) is 52.2 Å². The standard InChI is InChI=1S/C16H20N4O/c1-2-3-4-5-8-11-19-16(21)14-10-7-6-9-13(14)15-18-17-12-20(15)19/h6-7,9-10,12H,2-5,8,11H2,1H3. The summed E-state index contributed by atoms with van der Waals surface area (Å²) in [5.74, 6) is 0. The molecule has 0 aliphatic carbocycles. The number of nitrogens with zero attached hydrogens (tertiary/aromatic N) is 4. The van der Waals surface area contributed by atoms with E-state index < -0.39 is 0 Å². The van der Waals surface area contributed by atoms with E-state index in [4.69, 9.17) is 0 Å². The van der Waals surface area contributed by atoms with E-state index in [1.54, 1.807) is 15.5 Å². The molecule has 21 heavy (non-hydrogen) atoms. The number of aromatic nitrogens is 4. The molecular weight excluding hydrogens is 264 g/mol. The van der Waals surface area contributed by atoms with Gasteiger partial charge in [0.25, 0.3) is 5.56 Å². The maximum absolute atomic E-state index is 12.6. The molecule has 3 rings (SSSR count). The largest absolute Gasteiger partial charge is 0.273 e. The van der Waals surface area contributed by atoms with Crippen LogP contribution in [0.5, 0.6) is 0 Å². The lowest BCUT2D eigenvalue weighted by Gasteiger charge is -2.10. The highest BCUT2D eigenvalue weighted by atomic mass is 16.1. The van der Waals surface area contributed by atoms with E-state index in [2.05, 4.69) is 17.1 Å². The third kappa shape index (κ3) is 2.55. The van der Waals surface area contributed by atoms with Gasteiger partial charge < -0.3 is 0 Å². The molecule has 0 spiro atoms. The van der Waals surface area contributed by atoms with Gasteiger partial charge in [-0.1, -0.05) is 50.8 Å². The van der Waals surface area contributed by atoms with Gasteiger partial charge in [0.1, 0.15) is 6.33 Å². The van der Waals surface area contributed by atoms with Gasteiger partial charge in [-0.25, -0.2) is 9.20 Å². The Hall–Kier alpha value is -2.17. The summed E-state index contributed by atoms with van der Waals surface area (Å²) in [5, 5.41) is 9.70. The van der Waals surface area contributed by atoms with Crippen molar-refractivity contribution in [1.29, 1.82) is 0 Å². The molecule has 0 N–H and O–H groups in total. The first-order valence-corrected chi connectivity index (χ1v) is 7.64. The Morgan fingerprint density at radius 1 is 1.05 bits per heavy atom. The summed E-state index contributed by atoms with van der Waals surface area (Å²) < 4.78 is 3.54. The number of benzene rings is 1. The van der Waals surface area contributed by atoms with Crippen molar-refractivity contribution in [3.8, 4) is 0 Å². The van der Waals surface area contributed by atoms with E-state index in [0.29, 0.717) is 11.9 Å². The van der Waals surface area contributed by atoms with Crippen molar-refractivity contribution in [2.45, 2.75) is 45.6 Å². The first-order valence-electron chi connectivity index (χ1n) is 7.64. The number of hydrogen-bond acceptors (Lipinski definition) is 3.